The molecule has 2 aromatic carbocycles. The summed E-state index contributed by atoms with van der Waals surface area (Å²) in [4.78, 5) is 15.8. The van der Waals surface area contributed by atoms with E-state index >= 15 is 0 Å². The molecular weight excluding hydrogens is 386 g/mol. The number of benzene rings is 2. The summed E-state index contributed by atoms with van der Waals surface area (Å²) in [6, 6.07) is 20.1. The molecule has 2 nitrogen and oxygen atoms in total. The molecule has 0 bridgehead atoms. The van der Waals surface area contributed by atoms with Gasteiger partial charge < -0.3 is 0 Å². The molecule has 0 saturated carbocycles. The molecule has 0 spiro atoms. The lowest BCUT2D eigenvalue weighted by Crippen LogP contribution is -2.38. The lowest BCUT2D eigenvalue weighted by molar-refractivity contribution is -0.109. The Kier molecular flexibility index (Phi) is 9.84. The molecule has 1 atom stereocenters. The van der Waals surface area contributed by atoms with Gasteiger partial charge in [0, 0.05) is 25.4 Å². The van der Waals surface area contributed by atoms with E-state index in [2.05, 4.69) is 75.4 Å². The monoisotopic (exact) mass is 423 g/mol. The maximum absolute atomic E-state index is 11.1. The van der Waals surface area contributed by atoms with Crippen molar-refractivity contribution in [2.24, 2.45) is 10.9 Å². The standard InChI is InChI=1S/C27H37NOS/c1-6-26(28-5)27(20-21(2)3,24-13-8-7-9-14-24)25-17-15-23(16-18-25)12-10-11-19-30-22(4)29/h7-9,13-18,21H,6,10-12,19-20H2,1-5H3. The summed E-state index contributed by atoms with van der Waals surface area (Å²) in [7, 11) is 1.93. The van der Waals surface area contributed by atoms with Gasteiger partial charge in [-0.05, 0) is 54.7 Å². The minimum absolute atomic E-state index is 0.185. The van der Waals surface area contributed by atoms with Gasteiger partial charge in [-0.2, -0.15) is 0 Å². The molecule has 1 unspecified atom stereocenters. The molecule has 0 aliphatic heterocycles. The van der Waals surface area contributed by atoms with Crippen molar-refractivity contribution in [2.45, 2.75) is 65.2 Å². The SMILES string of the molecule is CCC(=NC)C(CC(C)C)(c1ccccc1)c1ccc(CCCCSC(C)=O)cc1. The first-order valence-electron chi connectivity index (χ1n) is 11.2. The third kappa shape index (κ3) is 6.31. The van der Waals surface area contributed by atoms with Gasteiger partial charge in [0.25, 0.3) is 0 Å². The molecule has 0 radical (unpaired) electrons. The Morgan fingerprint density at radius 2 is 1.63 bits per heavy atom. The van der Waals surface area contributed by atoms with Gasteiger partial charge in [-0.1, -0.05) is 87.1 Å². The Morgan fingerprint density at radius 1 is 1.00 bits per heavy atom. The predicted molar refractivity (Wildman–Crippen MR) is 133 cm³/mol. The van der Waals surface area contributed by atoms with E-state index in [1.165, 1.54) is 34.2 Å². The maximum atomic E-state index is 11.1. The zero-order valence-corrected chi connectivity index (χ0v) is 20.1. The quantitative estimate of drug-likeness (QED) is 0.285. The van der Waals surface area contributed by atoms with Crippen LogP contribution in [-0.2, 0) is 16.6 Å². The van der Waals surface area contributed by atoms with E-state index < -0.39 is 0 Å². The third-order valence-corrected chi connectivity index (χ3v) is 6.59. The van der Waals surface area contributed by atoms with E-state index in [1.54, 1.807) is 6.92 Å². The van der Waals surface area contributed by atoms with Gasteiger partial charge >= 0.3 is 0 Å². The molecule has 0 N–H and O–H groups in total. The summed E-state index contributed by atoms with van der Waals surface area (Å²) in [5.41, 5.74) is 5.09. The zero-order chi connectivity index (χ0) is 22.0. The Labute approximate surface area is 187 Å². The van der Waals surface area contributed by atoms with E-state index in [0.717, 1.165) is 37.9 Å². The van der Waals surface area contributed by atoms with Crippen molar-refractivity contribution >= 4 is 22.6 Å². The summed E-state index contributed by atoms with van der Waals surface area (Å²) in [6.45, 7) is 8.46. The number of nitrogens with zero attached hydrogens (tertiary/aromatic N) is 1. The molecule has 2 aromatic rings. The molecule has 0 heterocycles. The van der Waals surface area contributed by atoms with E-state index in [9.17, 15) is 4.79 Å². The number of hydrogen-bond acceptors (Lipinski definition) is 3. The van der Waals surface area contributed by atoms with Crippen LogP contribution in [0.1, 0.15) is 70.1 Å². The van der Waals surface area contributed by atoms with Crippen LogP contribution in [-0.4, -0.2) is 23.6 Å². The fraction of sp³-hybridized carbons (Fsp3) is 0.481. The van der Waals surface area contributed by atoms with Crippen LogP contribution >= 0.6 is 11.8 Å². The molecule has 0 amide bonds. The van der Waals surface area contributed by atoms with E-state index in [0.29, 0.717) is 5.92 Å². The second-order valence-electron chi connectivity index (χ2n) is 8.39. The average molecular weight is 424 g/mol. The molecule has 30 heavy (non-hydrogen) atoms. The summed E-state index contributed by atoms with van der Waals surface area (Å²) >= 11 is 1.43. The van der Waals surface area contributed by atoms with Gasteiger partial charge in [0.1, 0.15) is 0 Å². The Bertz CT molecular complexity index is 811. The van der Waals surface area contributed by atoms with E-state index in [1.807, 2.05) is 7.05 Å². The third-order valence-electron chi connectivity index (χ3n) is 5.69. The number of carbonyl (C=O) groups is 1. The Balaban J connectivity index is 2.33. The fourth-order valence-electron chi connectivity index (χ4n) is 4.44. The van der Waals surface area contributed by atoms with Crippen molar-refractivity contribution in [3.8, 4) is 0 Å². The number of unbranched alkanes of at least 4 members (excludes halogenated alkanes) is 1. The minimum Gasteiger partial charge on any atom is -0.296 e. The van der Waals surface area contributed by atoms with Crippen molar-refractivity contribution in [3.05, 3.63) is 71.3 Å². The first kappa shape index (κ1) is 24.4. The predicted octanol–water partition coefficient (Wildman–Crippen LogP) is 7.10. The molecule has 0 aliphatic rings. The van der Waals surface area contributed by atoms with Crippen LogP contribution in [0.2, 0.25) is 0 Å². The van der Waals surface area contributed by atoms with Gasteiger partial charge in [0.2, 0.25) is 0 Å². The normalized spacial score (nSPS) is 14.0. The van der Waals surface area contributed by atoms with Gasteiger partial charge in [-0.25, -0.2) is 0 Å². The second kappa shape index (κ2) is 12.1. The minimum atomic E-state index is -0.185. The summed E-state index contributed by atoms with van der Waals surface area (Å²) in [5.74, 6) is 1.47. The number of carbonyl (C=O) groups excluding carboxylic acids is 1. The second-order valence-corrected chi connectivity index (χ2v) is 9.66. The molecule has 162 valence electrons. The highest BCUT2D eigenvalue weighted by Crippen LogP contribution is 2.41. The summed E-state index contributed by atoms with van der Waals surface area (Å²) in [6.07, 6.45) is 5.23. The van der Waals surface area contributed by atoms with Crippen LogP contribution in [0.25, 0.3) is 0 Å². The zero-order valence-electron chi connectivity index (χ0n) is 19.3. The largest absolute Gasteiger partial charge is 0.296 e. The fourth-order valence-corrected chi connectivity index (χ4v) is 5.08. The lowest BCUT2D eigenvalue weighted by atomic mass is 9.65. The molecule has 0 fully saturated rings. The maximum Gasteiger partial charge on any atom is 0.185 e. The molecular formula is C27H37NOS. The molecule has 2 rings (SSSR count). The first-order valence-corrected chi connectivity index (χ1v) is 12.2. The van der Waals surface area contributed by atoms with Crippen molar-refractivity contribution in [2.75, 3.05) is 12.8 Å². The summed E-state index contributed by atoms with van der Waals surface area (Å²) < 4.78 is 0. The van der Waals surface area contributed by atoms with Crippen LogP contribution in [0, 0.1) is 5.92 Å². The van der Waals surface area contributed by atoms with Gasteiger partial charge in [-0.15, -0.1) is 0 Å². The molecule has 0 aliphatic carbocycles. The molecule has 0 saturated heterocycles. The number of hydrogen-bond donors (Lipinski definition) is 0. The smallest absolute Gasteiger partial charge is 0.185 e. The highest BCUT2D eigenvalue weighted by atomic mass is 32.2. The first-order chi connectivity index (χ1) is 14.4. The van der Waals surface area contributed by atoms with Crippen LogP contribution in [0.4, 0.5) is 0 Å². The van der Waals surface area contributed by atoms with Gasteiger partial charge in [-0.3, -0.25) is 9.79 Å². The molecule has 0 aromatic heterocycles. The van der Waals surface area contributed by atoms with E-state index in [4.69, 9.17) is 4.99 Å². The highest BCUT2D eigenvalue weighted by molar-refractivity contribution is 8.13. The topological polar surface area (TPSA) is 29.4 Å². The van der Waals surface area contributed by atoms with Crippen molar-refractivity contribution in [1.29, 1.82) is 0 Å². The van der Waals surface area contributed by atoms with Crippen LogP contribution in [0.5, 0.6) is 0 Å². The van der Waals surface area contributed by atoms with Crippen molar-refractivity contribution in [3.63, 3.8) is 0 Å². The Morgan fingerprint density at radius 3 is 2.17 bits per heavy atom. The van der Waals surface area contributed by atoms with Gasteiger partial charge in [0.15, 0.2) is 5.12 Å². The number of aliphatic imine (C=N–C) groups is 1. The van der Waals surface area contributed by atoms with Crippen molar-refractivity contribution < 1.29 is 4.79 Å². The van der Waals surface area contributed by atoms with Crippen LogP contribution in [0.15, 0.2) is 59.6 Å². The van der Waals surface area contributed by atoms with Crippen LogP contribution in [0.3, 0.4) is 0 Å². The lowest BCUT2D eigenvalue weighted by Gasteiger charge is -2.38. The highest BCUT2D eigenvalue weighted by Gasteiger charge is 2.38. The van der Waals surface area contributed by atoms with Crippen LogP contribution < -0.4 is 0 Å². The van der Waals surface area contributed by atoms with Crippen molar-refractivity contribution in [1.82, 2.24) is 0 Å². The average Bonchev–Trinajstić information content (AvgIpc) is 2.74. The van der Waals surface area contributed by atoms with Gasteiger partial charge in [0.05, 0.1) is 5.41 Å². The summed E-state index contributed by atoms with van der Waals surface area (Å²) in [5, 5.41) is 0.214. The molecule has 3 heteroatoms. The number of aryl methyl sites for hydroxylation is 1. The number of rotatable bonds is 11. The Hall–Kier alpha value is -1.87. The number of thioether (sulfide) groups is 1. The van der Waals surface area contributed by atoms with E-state index in [-0.39, 0.29) is 10.5 Å².